The summed E-state index contributed by atoms with van der Waals surface area (Å²) in [6.45, 7) is 2.92. The van der Waals surface area contributed by atoms with E-state index in [-0.39, 0.29) is 17.0 Å². The van der Waals surface area contributed by atoms with E-state index in [4.69, 9.17) is 0 Å². The number of nitrogens with one attached hydrogen (secondary N) is 1. The number of pyridine rings is 1. The van der Waals surface area contributed by atoms with Crippen molar-refractivity contribution >= 4 is 32.7 Å². The van der Waals surface area contributed by atoms with Crippen molar-refractivity contribution in [2.24, 2.45) is 0 Å². The van der Waals surface area contributed by atoms with Gasteiger partial charge in [-0.1, -0.05) is 46.3 Å². The lowest BCUT2D eigenvalue weighted by Gasteiger charge is -2.21. The summed E-state index contributed by atoms with van der Waals surface area (Å²) >= 11 is 3.41. The Balaban J connectivity index is 1.97. The van der Waals surface area contributed by atoms with E-state index in [9.17, 15) is 9.59 Å². The highest BCUT2D eigenvalue weighted by Gasteiger charge is 2.18. The Morgan fingerprint density at radius 3 is 2.58 bits per heavy atom. The molecule has 1 N–H and O–H groups in total. The Morgan fingerprint density at radius 2 is 1.88 bits per heavy atom. The monoisotopic (exact) mass is 384 g/mol. The molecule has 1 heterocycles. The molecule has 0 aliphatic heterocycles. The molecule has 5 heteroatoms. The van der Waals surface area contributed by atoms with Crippen molar-refractivity contribution in [2.75, 3.05) is 6.54 Å². The van der Waals surface area contributed by atoms with Crippen LogP contribution in [0.25, 0.3) is 10.9 Å². The number of rotatable bonds is 4. The quantitative estimate of drug-likeness (QED) is 0.740. The number of amides is 1. The summed E-state index contributed by atoms with van der Waals surface area (Å²) < 4.78 is 0.900. The summed E-state index contributed by atoms with van der Waals surface area (Å²) in [4.78, 5) is 29.6. The number of aromatic nitrogens is 1. The van der Waals surface area contributed by atoms with Gasteiger partial charge in [-0.15, -0.1) is 0 Å². The topological polar surface area (TPSA) is 53.2 Å². The van der Waals surface area contributed by atoms with Crippen molar-refractivity contribution in [2.45, 2.75) is 13.5 Å². The molecule has 0 unspecified atom stereocenters. The number of halogens is 1. The summed E-state index contributed by atoms with van der Waals surface area (Å²) in [6, 6.07) is 17.0. The third-order valence-electron chi connectivity index (χ3n) is 3.92. The third-order valence-corrected chi connectivity index (χ3v) is 4.42. The SMILES string of the molecule is CCN(Cc1ccccc1)C(=O)c1cc2cc(Br)ccc2[nH]c1=O. The van der Waals surface area contributed by atoms with E-state index in [0.29, 0.717) is 18.6 Å². The molecule has 4 nitrogen and oxygen atoms in total. The molecule has 2 aromatic carbocycles. The van der Waals surface area contributed by atoms with Crippen molar-refractivity contribution in [3.8, 4) is 0 Å². The van der Waals surface area contributed by atoms with Gasteiger partial charge in [-0.05, 0) is 36.8 Å². The van der Waals surface area contributed by atoms with Crippen LogP contribution in [0, 0.1) is 0 Å². The molecule has 24 heavy (non-hydrogen) atoms. The number of hydrogen-bond donors (Lipinski definition) is 1. The van der Waals surface area contributed by atoms with Crippen molar-refractivity contribution in [3.05, 3.63) is 80.6 Å². The highest BCUT2D eigenvalue weighted by Crippen LogP contribution is 2.18. The Bertz CT molecular complexity index is 935. The summed E-state index contributed by atoms with van der Waals surface area (Å²) in [7, 11) is 0. The minimum atomic E-state index is -0.360. The van der Waals surface area contributed by atoms with Crippen LogP contribution in [0.2, 0.25) is 0 Å². The van der Waals surface area contributed by atoms with Gasteiger partial charge in [0.1, 0.15) is 5.56 Å². The fourth-order valence-electron chi connectivity index (χ4n) is 2.64. The summed E-state index contributed by atoms with van der Waals surface area (Å²) in [5, 5.41) is 0.822. The van der Waals surface area contributed by atoms with Crippen molar-refractivity contribution < 1.29 is 4.79 Å². The van der Waals surface area contributed by atoms with Crippen LogP contribution in [-0.4, -0.2) is 22.3 Å². The lowest BCUT2D eigenvalue weighted by molar-refractivity contribution is 0.0751. The molecule has 1 aromatic heterocycles. The second-order valence-electron chi connectivity index (χ2n) is 5.55. The molecule has 0 fully saturated rings. The first-order valence-corrected chi connectivity index (χ1v) is 8.53. The molecule has 0 aliphatic carbocycles. The van der Waals surface area contributed by atoms with Crippen LogP contribution in [0.4, 0.5) is 0 Å². The molecule has 0 spiro atoms. The van der Waals surface area contributed by atoms with Gasteiger partial charge in [-0.3, -0.25) is 9.59 Å². The average molecular weight is 385 g/mol. The van der Waals surface area contributed by atoms with Crippen molar-refractivity contribution in [1.82, 2.24) is 9.88 Å². The minimum absolute atomic E-state index is 0.165. The molecular weight excluding hydrogens is 368 g/mol. The zero-order chi connectivity index (χ0) is 17.1. The molecule has 0 aliphatic rings. The molecule has 122 valence electrons. The fraction of sp³-hybridized carbons (Fsp3) is 0.158. The number of hydrogen-bond acceptors (Lipinski definition) is 2. The standard InChI is InChI=1S/C19H17BrN2O2/c1-2-22(12-13-6-4-3-5-7-13)19(24)16-11-14-10-15(20)8-9-17(14)21-18(16)23/h3-11H,2,12H2,1H3,(H,21,23). The molecular formula is C19H17BrN2O2. The Labute approximate surface area is 148 Å². The first-order chi connectivity index (χ1) is 11.6. The molecule has 3 rings (SSSR count). The number of carbonyl (C=O) groups excluding carboxylic acids is 1. The maximum Gasteiger partial charge on any atom is 0.261 e. The van der Waals surface area contributed by atoms with Gasteiger partial charge in [0.05, 0.1) is 0 Å². The van der Waals surface area contributed by atoms with Crippen LogP contribution in [-0.2, 0) is 6.54 Å². The Morgan fingerprint density at radius 1 is 1.12 bits per heavy atom. The van der Waals surface area contributed by atoms with E-state index < -0.39 is 0 Å². The van der Waals surface area contributed by atoms with Crippen LogP contribution in [0.5, 0.6) is 0 Å². The van der Waals surface area contributed by atoms with Crippen molar-refractivity contribution in [3.63, 3.8) is 0 Å². The van der Waals surface area contributed by atoms with Gasteiger partial charge >= 0.3 is 0 Å². The van der Waals surface area contributed by atoms with Gasteiger partial charge in [-0.2, -0.15) is 0 Å². The zero-order valence-corrected chi connectivity index (χ0v) is 14.8. The fourth-order valence-corrected chi connectivity index (χ4v) is 3.02. The van der Waals surface area contributed by atoms with Gasteiger partial charge in [0.25, 0.3) is 11.5 Å². The second-order valence-corrected chi connectivity index (χ2v) is 6.46. The number of aromatic amines is 1. The second kappa shape index (κ2) is 7.01. The van der Waals surface area contributed by atoms with E-state index in [1.807, 2.05) is 55.5 Å². The number of benzene rings is 2. The van der Waals surface area contributed by atoms with E-state index in [1.165, 1.54) is 0 Å². The van der Waals surface area contributed by atoms with E-state index in [1.54, 1.807) is 11.0 Å². The predicted molar refractivity (Wildman–Crippen MR) is 99.1 cm³/mol. The summed E-state index contributed by atoms with van der Waals surface area (Å²) in [5.41, 5.74) is 1.55. The molecule has 0 radical (unpaired) electrons. The zero-order valence-electron chi connectivity index (χ0n) is 13.3. The highest BCUT2D eigenvalue weighted by atomic mass is 79.9. The molecule has 0 bridgehead atoms. The first-order valence-electron chi connectivity index (χ1n) is 7.74. The predicted octanol–water partition coefficient (Wildman–Crippen LogP) is 3.95. The molecule has 0 saturated carbocycles. The van der Waals surface area contributed by atoms with Crippen LogP contribution in [0.15, 0.2) is 63.9 Å². The van der Waals surface area contributed by atoms with Gasteiger partial charge in [0, 0.05) is 28.5 Å². The largest absolute Gasteiger partial charge is 0.334 e. The maximum absolute atomic E-state index is 12.8. The smallest absolute Gasteiger partial charge is 0.261 e. The van der Waals surface area contributed by atoms with E-state index >= 15 is 0 Å². The Hall–Kier alpha value is -2.40. The summed E-state index contributed by atoms with van der Waals surface area (Å²) in [6.07, 6.45) is 0. The number of H-pyrrole nitrogens is 1. The Kier molecular flexibility index (Phi) is 4.81. The maximum atomic E-state index is 12.8. The van der Waals surface area contributed by atoms with Crippen LogP contribution < -0.4 is 5.56 Å². The molecule has 1 amide bonds. The van der Waals surface area contributed by atoms with Gasteiger partial charge in [0.15, 0.2) is 0 Å². The third kappa shape index (κ3) is 3.41. The van der Waals surface area contributed by atoms with Crippen LogP contribution >= 0.6 is 15.9 Å². The van der Waals surface area contributed by atoms with E-state index in [2.05, 4.69) is 20.9 Å². The molecule has 0 atom stereocenters. The molecule has 0 saturated heterocycles. The summed E-state index contributed by atoms with van der Waals surface area (Å²) in [5.74, 6) is -0.260. The van der Waals surface area contributed by atoms with Gasteiger partial charge in [-0.25, -0.2) is 0 Å². The van der Waals surface area contributed by atoms with Crippen molar-refractivity contribution in [1.29, 1.82) is 0 Å². The lowest BCUT2D eigenvalue weighted by Crippen LogP contribution is -2.34. The molecule has 3 aromatic rings. The van der Waals surface area contributed by atoms with Gasteiger partial charge in [0.2, 0.25) is 0 Å². The van der Waals surface area contributed by atoms with E-state index in [0.717, 1.165) is 15.4 Å². The van der Waals surface area contributed by atoms with Crippen LogP contribution in [0.1, 0.15) is 22.8 Å². The first kappa shape index (κ1) is 16.5. The number of nitrogens with zero attached hydrogens (tertiary/aromatic N) is 1. The lowest BCUT2D eigenvalue weighted by atomic mass is 10.1. The number of fused-ring (bicyclic) bond motifs is 1. The minimum Gasteiger partial charge on any atom is -0.334 e. The normalized spacial score (nSPS) is 10.8. The van der Waals surface area contributed by atoms with Crippen LogP contribution in [0.3, 0.4) is 0 Å². The number of carbonyl (C=O) groups is 1. The highest BCUT2D eigenvalue weighted by molar-refractivity contribution is 9.10. The average Bonchev–Trinajstić information content (AvgIpc) is 2.60. The van der Waals surface area contributed by atoms with Gasteiger partial charge < -0.3 is 9.88 Å².